The van der Waals surface area contributed by atoms with Crippen LogP contribution in [-0.4, -0.2) is 35.7 Å². The number of carbonyl (C=O) groups is 2. The Morgan fingerprint density at radius 1 is 1.33 bits per heavy atom. The second-order valence-corrected chi connectivity index (χ2v) is 7.08. The molecule has 1 aliphatic rings. The summed E-state index contributed by atoms with van der Waals surface area (Å²) >= 11 is 0. The fourth-order valence-electron chi connectivity index (χ4n) is 2.43. The average Bonchev–Trinajstić information content (AvgIpc) is 2.41. The van der Waals surface area contributed by atoms with Gasteiger partial charge in [-0.3, -0.25) is 4.79 Å². The highest BCUT2D eigenvalue weighted by Gasteiger charge is 2.23. The smallest absolute Gasteiger partial charge is 0.326 e. The maximum Gasteiger partial charge on any atom is 0.326 e. The molecule has 1 amide bonds. The van der Waals surface area contributed by atoms with Gasteiger partial charge in [0.2, 0.25) is 5.91 Å². The van der Waals surface area contributed by atoms with Crippen LogP contribution in [0.15, 0.2) is 0 Å². The Bertz CT molecular complexity index is 343. The van der Waals surface area contributed by atoms with Crippen molar-refractivity contribution in [2.24, 2.45) is 5.41 Å². The number of rotatable bonds is 7. The summed E-state index contributed by atoms with van der Waals surface area (Å²) in [5.74, 6) is -1.15. The highest BCUT2D eigenvalue weighted by Crippen LogP contribution is 2.22. The molecular formula is C16H29NO4. The van der Waals surface area contributed by atoms with E-state index in [1.54, 1.807) is 0 Å². The first-order valence-corrected chi connectivity index (χ1v) is 7.92. The zero-order valence-electron chi connectivity index (χ0n) is 13.5. The van der Waals surface area contributed by atoms with Crippen LogP contribution in [0.5, 0.6) is 0 Å². The summed E-state index contributed by atoms with van der Waals surface area (Å²) in [6.45, 7) is 6.96. The molecule has 1 heterocycles. The van der Waals surface area contributed by atoms with Gasteiger partial charge in [0.1, 0.15) is 6.04 Å². The predicted molar refractivity (Wildman–Crippen MR) is 81.1 cm³/mol. The molecular weight excluding hydrogens is 270 g/mol. The largest absolute Gasteiger partial charge is 0.480 e. The third-order valence-electron chi connectivity index (χ3n) is 3.78. The van der Waals surface area contributed by atoms with Crippen molar-refractivity contribution in [1.29, 1.82) is 0 Å². The Balaban J connectivity index is 2.32. The second kappa shape index (κ2) is 8.37. The van der Waals surface area contributed by atoms with E-state index in [0.717, 1.165) is 32.3 Å². The lowest BCUT2D eigenvalue weighted by molar-refractivity contribution is -0.142. The lowest BCUT2D eigenvalue weighted by Crippen LogP contribution is -2.41. The molecule has 5 nitrogen and oxygen atoms in total. The van der Waals surface area contributed by atoms with E-state index in [4.69, 9.17) is 4.74 Å². The molecule has 0 aromatic heterocycles. The minimum absolute atomic E-state index is 0.0639. The molecule has 0 aromatic rings. The maximum atomic E-state index is 11.9. The number of carboxylic acid groups (broad SMARTS) is 1. The molecule has 1 fully saturated rings. The van der Waals surface area contributed by atoms with E-state index < -0.39 is 12.0 Å². The quantitative estimate of drug-likeness (QED) is 0.758. The molecule has 0 aliphatic carbocycles. The van der Waals surface area contributed by atoms with E-state index in [1.807, 2.05) is 0 Å². The van der Waals surface area contributed by atoms with Crippen LogP contribution in [0.2, 0.25) is 0 Å². The number of carbonyl (C=O) groups excluding carboxylic acids is 1. The van der Waals surface area contributed by atoms with Crippen LogP contribution >= 0.6 is 0 Å². The molecule has 2 N–H and O–H groups in total. The van der Waals surface area contributed by atoms with Crippen molar-refractivity contribution in [3.8, 4) is 0 Å². The molecule has 2 atom stereocenters. The van der Waals surface area contributed by atoms with Crippen LogP contribution in [0.1, 0.15) is 65.7 Å². The zero-order valence-corrected chi connectivity index (χ0v) is 13.5. The van der Waals surface area contributed by atoms with Gasteiger partial charge in [-0.05, 0) is 43.9 Å². The Kier molecular flexibility index (Phi) is 7.15. The first kappa shape index (κ1) is 18.0. The molecule has 21 heavy (non-hydrogen) atoms. The summed E-state index contributed by atoms with van der Waals surface area (Å²) < 4.78 is 5.58. The monoisotopic (exact) mass is 299 g/mol. The summed E-state index contributed by atoms with van der Waals surface area (Å²) in [5, 5.41) is 11.8. The number of aliphatic carboxylic acids is 1. The van der Waals surface area contributed by atoms with Crippen LogP contribution in [0.25, 0.3) is 0 Å². The van der Waals surface area contributed by atoms with Gasteiger partial charge in [0.25, 0.3) is 0 Å². The zero-order chi connectivity index (χ0) is 15.9. The summed E-state index contributed by atoms with van der Waals surface area (Å²) in [4.78, 5) is 23.1. The van der Waals surface area contributed by atoms with E-state index >= 15 is 0 Å². The molecule has 0 saturated carbocycles. The van der Waals surface area contributed by atoms with Crippen molar-refractivity contribution in [2.75, 3.05) is 6.61 Å². The molecule has 0 bridgehead atoms. The van der Waals surface area contributed by atoms with Gasteiger partial charge in [-0.15, -0.1) is 0 Å². The number of carboxylic acids is 1. The molecule has 122 valence electrons. The second-order valence-electron chi connectivity index (χ2n) is 7.08. The number of amides is 1. The van der Waals surface area contributed by atoms with Gasteiger partial charge in [0.15, 0.2) is 0 Å². The van der Waals surface area contributed by atoms with Crippen LogP contribution in [0, 0.1) is 5.41 Å². The molecule has 0 radical (unpaired) electrons. The normalized spacial score (nSPS) is 20.8. The Morgan fingerprint density at radius 2 is 2.05 bits per heavy atom. The predicted octanol–water partition coefficient (Wildman–Crippen LogP) is 2.73. The summed E-state index contributed by atoms with van der Waals surface area (Å²) in [6, 6.07) is -0.788. The molecule has 1 aliphatic heterocycles. The Labute approximate surface area is 127 Å². The van der Waals surface area contributed by atoms with E-state index in [9.17, 15) is 14.7 Å². The molecule has 0 spiro atoms. The average molecular weight is 299 g/mol. The van der Waals surface area contributed by atoms with E-state index in [2.05, 4.69) is 26.1 Å². The van der Waals surface area contributed by atoms with Crippen molar-refractivity contribution in [3.63, 3.8) is 0 Å². The van der Waals surface area contributed by atoms with Crippen LogP contribution in [0.3, 0.4) is 0 Å². The van der Waals surface area contributed by atoms with Gasteiger partial charge >= 0.3 is 5.97 Å². The van der Waals surface area contributed by atoms with Crippen molar-refractivity contribution in [2.45, 2.75) is 77.9 Å². The van der Waals surface area contributed by atoms with E-state index in [0.29, 0.717) is 19.3 Å². The molecule has 2 unspecified atom stereocenters. The molecule has 5 heteroatoms. The standard InChI is InChI=1S/C16H29NO4/c1-16(2,3)10-9-13(15(19)20)17-14(18)8-7-12-6-4-5-11-21-12/h12-13H,4-11H2,1-3H3,(H,17,18)(H,19,20). The fraction of sp³-hybridized carbons (Fsp3) is 0.875. The topological polar surface area (TPSA) is 75.6 Å². The highest BCUT2D eigenvalue weighted by atomic mass is 16.5. The van der Waals surface area contributed by atoms with Crippen LogP contribution in [0.4, 0.5) is 0 Å². The first-order valence-electron chi connectivity index (χ1n) is 7.92. The third kappa shape index (κ3) is 8.05. The van der Waals surface area contributed by atoms with Gasteiger partial charge in [-0.1, -0.05) is 20.8 Å². The third-order valence-corrected chi connectivity index (χ3v) is 3.78. The number of hydrogen-bond donors (Lipinski definition) is 2. The van der Waals surface area contributed by atoms with E-state index in [1.165, 1.54) is 0 Å². The fourth-order valence-corrected chi connectivity index (χ4v) is 2.43. The molecule has 1 rings (SSSR count). The number of hydrogen-bond acceptors (Lipinski definition) is 3. The van der Waals surface area contributed by atoms with Crippen LogP contribution < -0.4 is 5.32 Å². The van der Waals surface area contributed by atoms with E-state index in [-0.39, 0.29) is 17.4 Å². The van der Waals surface area contributed by atoms with Gasteiger partial charge in [0.05, 0.1) is 6.10 Å². The van der Waals surface area contributed by atoms with Crippen molar-refractivity contribution >= 4 is 11.9 Å². The minimum atomic E-state index is -0.957. The number of ether oxygens (including phenoxy) is 1. The summed E-state index contributed by atoms with van der Waals surface area (Å²) in [5.41, 5.74) is 0.0639. The SMILES string of the molecule is CC(C)(C)CCC(NC(=O)CCC1CCCCO1)C(=O)O. The van der Waals surface area contributed by atoms with Crippen molar-refractivity contribution in [1.82, 2.24) is 5.32 Å². The maximum absolute atomic E-state index is 11.9. The number of nitrogens with one attached hydrogen (secondary N) is 1. The lowest BCUT2D eigenvalue weighted by atomic mass is 9.88. The van der Waals surface area contributed by atoms with Gasteiger partial charge < -0.3 is 15.2 Å². The molecule has 0 aromatic carbocycles. The van der Waals surface area contributed by atoms with Crippen LogP contribution in [-0.2, 0) is 14.3 Å². The Morgan fingerprint density at radius 3 is 2.57 bits per heavy atom. The highest BCUT2D eigenvalue weighted by molar-refractivity contribution is 5.83. The van der Waals surface area contributed by atoms with Crippen molar-refractivity contribution in [3.05, 3.63) is 0 Å². The van der Waals surface area contributed by atoms with Gasteiger partial charge in [-0.25, -0.2) is 4.79 Å². The Hall–Kier alpha value is -1.10. The van der Waals surface area contributed by atoms with Crippen molar-refractivity contribution < 1.29 is 19.4 Å². The van der Waals surface area contributed by atoms with Gasteiger partial charge in [-0.2, -0.15) is 0 Å². The van der Waals surface area contributed by atoms with Gasteiger partial charge in [0, 0.05) is 13.0 Å². The summed E-state index contributed by atoms with van der Waals surface area (Å²) in [6.07, 6.45) is 5.63. The lowest BCUT2D eigenvalue weighted by Gasteiger charge is -2.23. The minimum Gasteiger partial charge on any atom is -0.480 e. The summed E-state index contributed by atoms with van der Waals surface area (Å²) in [7, 11) is 0. The molecule has 1 saturated heterocycles. The first-order chi connectivity index (χ1) is 9.78.